The van der Waals surface area contributed by atoms with E-state index in [0.717, 1.165) is 12.8 Å². The van der Waals surface area contributed by atoms with Crippen molar-refractivity contribution in [1.82, 2.24) is 0 Å². The van der Waals surface area contributed by atoms with E-state index in [9.17, 15) is 10.2 Å². The third-order valence-corrected chi connectivity index (χ3v) is 6.20. The van der Waals surface area contributed by atoms with Crippen LogP contribution in [0.3, 0.4) is 0 Å². The molecule has 1 rings (SSSR count). The van der Waals surface area contributed by atoms with Crippen LogP contribution in [0.4, 0.5) is 0 Å². The molecule has 1 aliphatic heterocycles. The first-order valence-electron chi connectivity index (χ1n) is 13.1. The second-order valence-corrected chi connectivity index (χ2v) is 9.10. The molecule has 1 heterocycles. The maximum Gasteiger partial charge on any atom is 0.114 e. The van der Waals surface area contributed by atoms with Gasteiger partial charge in [-0.05, 0) is 32.1 Å². The van der Waals surface area contributed by atoms with Gasteiger partial charge in [-0.2, -0.15) is 0 Å². The topological polar surface area (TPSA) is 79.2 Å². The van der Waals surface area contributed by atoms with Crippen LogP contribution < -0.4 is 0 Å². The van der Waals surface area contributed by atoms with E-state index < -0.39 is 24.4 Å². The third kappa shape index (κ3) is 14.3. The van der Waals surface area contributed by atoms with Crippen LogP contribution in [0, 0.1) is 0 Å². The third-order valence-electron chi connectivity index (χ3n) is 6.20. The molecular weight excluding hydrogens is 392 g/mol. The van der Waals surface area contributed by atoms with Crippen molar-refractivity contribution in [2.45, 2.75) is 134 Å². The molecule has 0 aromatic rings. The Labute approximate surface area is 191 Å². The van der Waals surface area contributed by atoms with Gasteiger partial charge < -0.3 is 24.8 Å². The molecule has 0 spiro atoms. The minimum absolute atomic E-state index is 0.153. The Bertz CT molecular complexity index is 415. The Balaban J connectivity index is 1.84. The minimum Gasteiger partial charge on any atom is -0.394 e. The molecule has 3 N–H and O–H groups in total. The summed E-state index contributed by atoms with van der Waals surface area (Å²) in [7, 11) is 0. The molecule has 0 saturated carbocycles. The summed E-state index contributed by atoms with van der Waals surface area (Å²) in [6, 6.07) is 0. The average molecular weight is 443 g/mol. The van der Waals surface area contributed by atoms with Crippen molar-refractivity contribution in [3.63, 3.8) is 0 Å². The minimum atomic E-state index is -1.00. The maximum atomic E-state index is 9.91. The summed E-state index contributed by atoms with van der Waals surface area (Å²) < 4.78 is 11.1. The molecule has 5 heteroatoms. The van der Waals surface area contributed by atoms with Gasteiger partial charge in [0, 0.05) is 6.61 Å². The van der Waals surface area contributed by atoms with E-state index in [4.69, 9.17) is 14.6 Å². The predicted molar refractivity (Wildman–Crippen MR) is 127 cm³/mol. The molecule has 0 aromatic heterocycles. The zero-order valence-corrected chi connectivity index (χ0v) is 20.1. The number of hydrogen-bond donors (Lipinski definition) is 3. The van der Waals surface area contributed by atoms with Crippen LogP contribution >= 0.6 is 0 Å². The molecule has 5 nitrogen and oxygen atoms in total. The second kappa shape index (κ2) is 20.2. The molecule has 0 aromatic carbocycles. The van der Waals surface area contributed by atoms with E-state index in [-0.39, 0.29) is 13.2 Å². The highest BCUT2D eigenvalue weighted by Gasteiger charge is 2.40. The van der Waals surface area contributed by atoms with Gasteiger partial charge in [-0.25, -0.2) is 0 Å². The van der Waals surface area contributed by atoms with Gasteiger partial charge >= 0.3 is 0 Å². The molecular formula is C26H50O5. The largest absolute Gasteiger partial charge is 0.394 e. The van der Waals surface area contributed by atoms with Gasteiger partial charge in [-0.1, -0.05) is 89.7 Å². The van der Waals surface area contributed by atoms with Crippen molar-refractivity contribution in [2.75, 3.05) is 19.8 Å². The summed E-state index contributed by atoms with van der Waals surface area (Å²) in [5.74, 6) is 0. The molecule has 184 valence electrons. The monoisotopic (exact) mass is 442 g/mol. The first-order chi connectivity index (χ1) is 15.2. The van der Waals surface area contributed by atoms with E-state index in [1.165, 1.54) is 89.9 Å². The van der Waals surface area contributed by atoms with Crippen molar-refractivity contribution in [3.05, 3.63) is 12.2 Å². The Morgan fingerprint density at radius 1 is 0.839 bits per heavy atom. The van der Waals surface area contributed by atoms with Crippen LogP contribution in [0.1, 0.15) is 110 Å². The first kappa shape index (κ1) is 28.6. The fourth-order valence-corrected chi connectivity index (χ4v) is 4.18. The summed E-state index contributed by atoms with van der Waals surface area (Å²) in [5, 5.41) is 28.7. The van der Waals surface area contributed by atoms with Crippen LogP contribution in [0.5, 0.6) is 0 Å². The number of ether oxygens (including phenoxy) is 2. The lowest BCUT2D eigenvalue weighted by atomic mass is 10.1. The van der Waals surface area contributed by atoms with Crippen molar-refractivity contribution in [3.8, 4) is 0 Å². The molecule has 0 amide bonds. The molecule has 0 aliphatic carbocycles. The molecule has 1 aliphatic rings. The fraction of sp³-hybridized carbons (Fsp3) is 0.923. The highest BCUT2D eigenvalue weighted by Crippen LogP contribution is 2.21. The van der Waals surface area contributed by atoms with Crippen LogP contribution in [0.25, 0.3) is 0 Å². The van der Waals surface area contributed by atoms with Crippen LogP contribution in [0.15, 0.2) is 12.2 Å². The highest BCUT2D eigenvalue weighted by atomic mass is 16.6. The second-order valence-electron chi connectivity index (χ2n) is 9.10. The fourth-order valence-electron chi connectivity index (χ4n) is 4.18. The summed E-state index contributed by atoms with van der Waals surface area (Å²) in [5.41, 5.74) is 0. The van der Waals surface area contributed by atoms with Gasteiger partial charge in [0.15, 0.2) is 0 Å². The van der Waals surface area contributed by atoms with E-state index in [1.54, 1.807) is 0 Å². The van der Waals surface area contributed by atoms with Gasteiger partial charge in [-0.15, -0.1) is 0 Å². The first-order valence-corrected chi connectivity index (χ1v) is 13.1. The van der Waals surface area contributed by atoms with Crippen molar-refractivity contribution >= 4 is 0 Å². The normalized spacial score (nSPS) is 22.5. The van der Waals surface area contributed by atoms with Crippen molar-refractivity contribution in [1.29, 1.82) is 0 Å². The molecule has 1 fully saturated rings. The van der Waals surface area contributed by atoms with Gasteiger partial charge in [0.05, 0.1) is 13.2 Å². The molecule has 0 unspecified atom stereocenters. The molecule has 0 bridgehead atoms. The zero-order chi connectivity index (χ0) is 22.6. The maximum absolute atomic E-state index is 9.91. The van der Waals surface area contributed by atoms with Gasteiger partial charge in [0.1, 0.15) is 24.4 Å². The number of rotatable bonds is 21. The lowest BCUT2D eigenvalue weighted by Crippen LogP contribution is -2.42. The SMILES string of the molecule is CCCCCCCCCC/C=C/CCCCCCCCO[C@H]1[C@@H]([C@@H](O)CO)OC[C@H]1O. The van der Waals surface area contributed by atoms with Crippen LogP contribution in [-0.2, 0) is 9.47 Å². The number of unbranched alkanes of at least 4 members (excludes halogenated alkanes) is 14. The van der Waals surface area contributed by atoms with Crippen LogP contribution in [0.2, 0.25) is 0 Å². The van der Waals surface area contributed by atoms with E-state index in [1.807, 2.05) is 0 Å². The quantitative estimate of drug-likeness (QED) is 0.166. The van der Waals surface area contributed by atoms with Crippen molar-refractivity contribution < 1.29 is 24.8 Å². The van der Waals surface area contributed by atoms with Crippen LogP contribution in [-0.4, -0.2) is 59.6 Å². The Morgan fingerprint density at radius 3 is 1.90 bits per heavy atom. The number of allylic oxidation sites excluding steroid dienone is 2. The van der Waals surface area contributed by atoms with E-state index in [0.29, 0.717) is 6.61 Å². The Kier molecular flexibility index (Phi) is 18.6. The Morgan fingerprint density at radius 2 is 1.35 bits per heavy atom. The lowest BCUT2D eigenvalue weighted by Gasteiger charge is -2.23. The standard InChI is InChI=1S/C26H50O5/c1-2-3-4-5-6-7-8-9-10-11-12-13-14-15-16-17-18-19-20-30-26-24(29)22-31-25(26)23(28)21-27/h11-12,23-29H,2-10,13-22H2,1H3/b12-11+/t23-,24+,25+,26+/m0/s1. The molecule has 31 heavy (non-hydrogen) atoms. The van der Waals surface area contributed by atoms with E-state index >= 15 is 0 Å². The summed E-state index contributed by atoms with van der Waals surface area (Å²) in [6.45, 7) is 2.60. The molecule has 0 radical (unpaired) electrons. The average Bonchev–Trinajstić information content (AvgIpc) is 3.15. The molecule has 1 saturated heterocycles. The number of hydrogen-bond acceptors (Lipinski definition) is 5. The van der Waals surface area contributed by atoms with Gasteiger partial charge in [0.25, 0.3) is 0 Å². The zero-order valence-electron chi connectivity index (χ0n) is 20.1. The smallest absolute Gasteiger partial charge is 0.114 e. The highest BCUT2D eigenvalue weighted by molar-refractivity contribution is 4.89. The lowest BCUT2D eigenvalue weighted by molar-refractivity contribution is -0.0938. The summed E-state index contributed by atoms with van der Waals surface area (Å²) in [6.07, 6.45) is 22.5. The predicted octanol–water partition coefficient (Wildman–Crippen LogP) is 5.30. The number of aliphatic hydroxyl groups excluding tert-OH is 3. The van der Waals surface area contributed by atoms with Gasteiger partial charge in [0.2, 0.25) is 0 Å². The van der Waals surface area contributed by atoms with Crippen molar-refractivity contribution in [2.24, 2.45) is 0 Å². The Hall–Kier alpha value is -0.460. The summed E-state index contributed by atoms with van der Waals surface area (Å²) >= 11 is 0. The number of aliphatic hydroxyl groups is 3. The molecule has 4 atom stereocenters. The summed E-state index contributed by atoms with van der Waals surface area (Å²) in [4.78, 5) is 0. The van der Waals surface area contributed by atoms with E-state index in [2.05, 4.69) is 19.1 Å². The van der Waals surface area contributed by atoms with Gasteiger partial charge in [-0.3, -0.25) is 0 Å².